The lowest BCUT2D eigenvalue weighted by molar-refractivity contribution is -0.184. The lowest BCUT2D eigenvalue weighted by Crippen LogP contribution is -2.66. The molecule has 4 atom stereocenters. The Morgan fingerprint density at radius 2 is 1.35 bits per heavy atom. The van der Waals surface area contributed by atoms with Gasteiger partial charge in [-0.05, 0) is 164 Å². The summed E-state index contributed by atoms with van der Waals surface area (Å²) < 4.78 is 38.0. The zero-order valence-corrected chi connectivity index (χ0v) is 47.4. The largest absolute Gasteiger partial charge is 0.508 e. The number of phenols is 2. The normalized spacial score (nSPS) is 22.6. The molecule has 1 aromatic heterocycles. The number of allylic oxidation sites excluding steroid dienone is 7. The van der Waals surface area contributed by atoms with Gasteiger partial charge in [-0.15, -0.1) is 0 Å². The highest BCUT2D eigenvalue weighted by Crippen LogP contribution is 2.65. The topological polar surface area (TPSA) is 229 Å². The molecule has 9 rings (SSSR count). The number of Topliss-reactive ketones (excluding diaryl/α,β-unsaturated/α-hetero) is 1. The van der Waals surface area contributed by atoms with Crippen LogP contribution in [0.2, 0.25) is 0 Å². The molecule has 79 heavy (non-hydrogen) atoms. The third-order valence-corrected chi connectivity index (χ3v) is 15.5. The van der Waals surface area contributed by atoms with Crippen molar-refractivity contribution in [2.75, 3.05) is 7.11 Å². The number of ether oxygens (including phenoxy) is 5. The maximum Gasteiger partial charge on any atom is 0.348 e. The number of aromatic hydroxyl groups is 3. The van der Waals surface area contributed by atoms with Crippen LogP contribution >= 0.6 is 0 Å². The van der Waals surface area contributed by atoms with Gasteiger partial charge in [0.05, 0.1) is 23.8 Å². The summed E-state index contributed by atoms with van der Waals surface area (Å²) in [5.41, 5.74) is -0.816. The molecule has 5 N–H and O–H groups in total. The molecule has 0 amide bonds. The minimum Gasteiger partial charge on any atom is -0.508 e. The van der Waals surface area contributed by atoms with E-state index < -0.39 is 57.3 Å². The van der Waals surface area contributed by atoms with E-state index in [0.29, 0.717) is 77.0 Å². The number of ketones is 1. The van der Waals surface area contributed by atoms with E-state index in [0.717, 1.165) is 23.1 Å². The van der Waals surface area contributed by atoms with Crippen LogP contribution in [0.3, 0.4) is 0 Å². The number of carboxylic acids is 2. The highest BCUT2D eigenvalue weighted by Gasteiger charge is 2.77. The second kappa shape index (κ2) is 21.1. The summed E-state index contributed by atoms with van der Waals surface area (Å²) in [4.78, 5) is 53.0. The predicted octanol–water partition coefficient (Wildman–Crippen LogP) is 13.1. The van der Waals surface area contributed by atoms with Crippen molar-refractivity contribution in [2.24, 2.45) is 5.92 Å². The van der Waals surface area contributed by atoms with Gasteiger partial charge in [-0.2, -0.15) is 0 Å². The highest BCUT2D eigenvalue weighted by molar-refractivity contribution is 6.17. The van der Waals surface area contributed by atoms with Crippen molar-refractivity contribution in [1.29, 1.82) is 0 Å². The van der Waals surface area contributed by atoms with Gasteiger partial charge in [0, 0.05) is 34.6 Å². The van der Waals surface area contributed by atoms with E-state index in [1.165, 1.54) is 37.8 Å². The Kier molecular flexibility index (Phi) is 15.3. The number of methoxy groups -OCH3 is 1. The van der Waals surface area contributed by atoms with E-state index in [2.05, 4.69) is 12.2 Å². The number of carbonyl (C=O) groups is 3. The highest BCUT2D eigenvalue weighted by atomic mass is 16.6. The van der Waals surface area contributed by atoms with E-state index >= 15 is 0 Å². The van der Waals surface area contributed by atoms with Crippen LogP contribution in [0.15, 0.2) is 104 Å². The van der Waals surface area contributed by atoms with Gasteiger partial charge < -0.3 is 53.6 Å². The molecule has 1 spiro atoms. The summed E-state index contributed by atoms with van der Waals surface area (Å²) in [5.74, 6) is -2.75. The molecular formula is C64H72O15. The molecule has 5 heterocycles. The van der Waals surface area contributed by atoms with E-state index in [-0.39, 0.29) is 57.3 Å². The molecule has 5 aliphatic rings. The molecule has 15 heteroatoms. The average Bonchev–Trinajstić information content (AvgIpc) is 2.60. The summed E-state index contributed by atoms with van der Waals surface area (Å²) in [6.07, 6.45) is 19.4. The van der Waals surface area contributed by atoms with Crippen molar-refractivity contribution in [3.63, 3.8) is 0 Å². The Balaban J connectivity index is 0.000000223. The molecule has 4 aliphatic heterocycles. The van der Waals surface area contributed by atoms with Crippen molar-refractivity contribution in [2.45, 2.75) is 156 Å². The second-order valence-corrected chi connectivity index (χ2v) is 23.1. The monoisotopic (exact) mass is 1080 g/mol. The molecule has 0 saturated carbocycles. The first-order chi connectivity index (χ1) is 37.0. The zero-order valence-electron chi connectivity index (χ0n) is 47.4. The molecule has 1 fully saturated rings. The molecule has 1 aliphatic carbocycles. The van der Waals surface area contributed by atoms with Gasteiger partial charge in [-0.25, -0.2) is 14.4 Å². The summed E-state index contributed by atoms with van der Waals surface area (Å²) in [5, 5.41) is 53.6. The van der Waals surface area contributed by atoms with Gasteiger partial charge >= 0.3 is 17.6 Å². The number of hydrogen-bond donors (Lipinski definition) is 5. The van der Waals surface area contributed by atoms with Gasteiger partial charge in [-0.3, -0.25) is 4.79 Å². The van der Waals surface area contributed by atoms with Crippen molar-refractivity contribution >= 4 is 40.8 Å². The van der Waals surface area contributed by atoms with Gasteiger partial charge in [-0.1, -0.05) is 59.2 Å². The van der Waals surface area contributed by atoms with Gasteiger partial charge in [0.25, 0.3) is 0 Å². The lowest BCUT2D eigenvalue weighted by atomic mass is 9.60. The molecule has 0 radical (unpaired) electrons. The number of hydrogen-bond acceptors (Lipinski definition) is 13. The molecule has 4 unspecified atom stereocenters. The molecule has 1 saturated heterocycles. The third kappa shape index (κ3) is 10.2. The number of carbonyl (C=O) groups excluding carboxylic acids is 1. The van der Waals surface area contributed by atoms with Crippen molar-refractivity contribution < 1.29 is 68.0 Å². The number of aliphatic carboxylic acids is 2. The van der Waals surface area contributed by atoms with Gasteiger partial charge in [0.15, 0.2) is 17.0 Å². The summed E-state index contributed by atoms with van der Waals surface area (Å²) in [6.45, 7) is 22.8. The lowest BCUT2D eigenvalue weighted by Gasteiger charge is -2.50. The fraction of sp³-hybridized carbons (Fsp3) is 0.406. The maximum atomic E-state index is 14.7. The summed E-state index contributed by atoms with van der Waals surface area (Å²) in [7, 11) is 1.52. The fourth-order valence-corrected chi connectivity index (χ4v) is 11.6. The SMILES string of the molecule is CC(C)=CCCC1(C)C=Cc2c(O)c3c(c(CC=C(C)C)c2O1)OC12C(=CCCC1C(C)(C)OC2(CC=C(C)C(=O)O)C(=O)O)C3=O.COc1c(CC=C(C)C)c2c(c3oc(=O)c(-c4ccc(O)cc4)c(O)c13)C=CC(C)(C)O2. The zero-order chi connectivity index (χ0) is 57.9. The first-order valence-electron chi connectivity index (χ1n) is 26.6. The predicted molar refractivity (Wildman–Crippen MR) is 303 cm³/mol. The van der Waals surface area contributed by atoms with Crippen LogP contribution in [-0.2, 0) is 27.2 Å². The van der Waals surface area contributed by atoms with Crippen molar-refractivity contribution in [1.82, 2.24) is 0 Å². The maximum absolute atomic E-state index is 14.7. The Morgan fingerprint density at radius 3 is 1.96 bits per heavy atom. The Morgan fingerprint density at radius 1 is 0.734 bits per heavy atom. The second-order valence-electron chi connectivity index (χ2n) is 23.1. The number of carboxylic acid groups (broad SMARTS) is 2. The van der Waals surface area contributed by atoms with Crippen LogP contribution in [0, 0.1) is 5.92 Å². The standard InChI is InChI=1S/C38H46O9.C26H26O6/c1-21(2)11-10-18-36(8)19-17-24-29(39)28-30(40)26-12-9-13-27-35(6,7)47-37(34(43)44,20-16-23(5)33(41)42)38(26,27)46-32(28)25(31(24)45-36)15-14-22(3)4;1-14(2)6-11-17-22-18(12-13-26(3,4)32-22)24-20(23(17)30-5)21(28)19(25(29)31-24)15-7-9-16(27)10-8-15/h11-12,14,16-17,19,27,39H,9-10,13,15,18,20H2,1-8H3,(H,41,42)(H,43,44);6-10,12-13,27-28H,11H2,1-5H3. The van der Waals surface area contributed by atoms with Crippen molar-refractivity contribution in [3.8, 4) is 51.4 Å². The smallest absolute Gasteiger partial charge is 0.348 e. The van der Waals surface area contributed by atoms with Crippen LogP contribution in [0.4, 0.5) is 0 Å². The first kappa shape index (κ1) is 57.4. The fourth-order valence-electron chi connectivity index (χ4n) is 11.6. The molecule has 418 valence electrons. The Bertz CT molecular complexity index is 3470. The average molecular weight is 1080 g/mol. The third-order valence-electron chi connectivity index (χ3n) is 15.5. The van der Waals surface area contributed by atoms with E-state index in [1.807, 2.05) is 86.6 Å². The van der Waals surface area contributed by atoms with Crippen molar-refractivity contribution in [3.05, 3.63) is 133 Å². The minimum absolute atomic E-state index is 0.00458. The molecule has 3 aromatic carbocycles. The van der Waals surface area contributed by atoms with Gasteiger partial charge in [0.1, 0.15) is 68.0 Å². The van der Waals surface area contributed by atoms with Crippen LogP contribution in [0.1, 0.15) is 148 Å². The molecular weight excluding hydrogens is 1010 g/mol. The van der Waals surface area contributed by atoms with Gasteiger partial charge in [0.2, 0.25) is 5.60 Å². The minimum atomic E-state index is -2.16. The molecule has 0 bridgehead atoms. The van der Waals surface area contributed by atoms with Crippen LogP contribution in [0.5, 0.6) is 40.2 Å². The van der Waals surface area contributed by atoms with E-state index in [4.69, 9.17) is 28.1 Å². The molecule has 4 aromatic rings. The first-order valence-corrected chi connectivity index (χ1v) is 26.6. The van der Waals surface area contributed by atoms with Crippen LogP contribution in [0.25, 0.3) is 34.2 Å². The van der Waals surface area contributed by atoms with Crippen LogP contribution in [-0.4, -0.2) is 78.4 Å². The Hall–Kier alpha value is -7.78. The molecule has 15 nitrogen and oxygen atoms in total. The quantitative estimate of drug-likeness (QED) is 0.0476. The number of benzene rings is 3. The van der Waals surface area contributed by atoms with Crippen LogP contribution < -0.4 is 24.6 Å². The number of fused-ring (bicyclic) bond motifs is 5. The van der Waals surface area contributed by atoms with E-state index in [9.17, 15) is 44.7 Å². The summed E-state index contributed by atoms with van der Waals surface area (Å²) >= 11 is 0. The summed E-state index contributed by atoms with van der Waals surface area (Å²) in [6, 6.07) is 5.99. The Labute approximate surface area is 460 Å². The number of rotatable bonds is 13. The number of phenolic OH excluding ortho intramolecular Hbond substituents is 2. The van der Waals surface area contributed by atoms with E-state index in [1.54, 1.807) is 38.1 Å².